The summed E-state index contributed by atoms with van der Waals surface area (Å²) in [4.78, 5) is 57.7. The van der Waals surface area contributed by atoms with E-state index >= 15 is 0 Å². The van der Waals surface area contributed by atoms with E-state index in [9.17, 15) is 24.0 Å². The van der Waals surface area contributed by atoms with Crippen LogP contribution in [0.1, 0.15) is 34.1 Å². The largest absolute Gasteiger partial charge is 0.480 e. The van der Waals surface area contributed by atoms with Crippen LogP contribution in [0.25, 0.3) is 0 Å². The first kappa shape index (κ1) is 22.4. The van der Waals surface area contributed by atoms with Crippen LogP contribution in [0.2, 0.25) is 0 Å². The van der Waals surface area contributed by atoms with Crippen LogP contribution in [-0.2, 0) is 24.0 Å². The summed E-state index contributed by atoms with van der Waals surface area (Å²) in [5, 5.41) is 16.1. The van der Waals surface area contributed by atoms with Crippen molar-refractivity contribution in [2.75, 3.05) is 13.1 Å². The van der Waals surface area contributed by atoms with Gasteiger partial charge in [0.25, 0.3) is 0 Å². The number of nitrogens with two attached hydrogens (primary N) is 1. The molecule has 0 saturated carbocycles. The zero-order valence-electron chi connectivity index (χ0n) is 14.8. The Kier molecular flexibility index (Phi) is 8.58. The lowest BCUT2D eigenvalue weighted by atomic mass is 9.86. The Bertz CT molecular complexity index is 548. The van der Waals surface area contributed by atoms with Crippen molar-refractivity contribution in [3.63, 3.8) is 0 Å². The summed E-state index contributed by atoms with van der Waals surface area (Å²) in [5.41, 5.74) is 3.30. The van der Waals surface area contributed by atoms with E-state index in [1.54, 1.807) is 20.8 Å². The van der Waals surface area contributed by atoms with Crippen molar-refractivity contribution in [3.8, 4) is 0 Å². The maximum absolute atomic E-state index is 12.0. The van der Waals surface area contributed by atoms with E-state index in [1.807, 2.05) is 0 Å². The van der Waals surface area contributed by atoms with Crippen molar-refractivity contribution in [1.82, 2.24) is 16.0 Å². The minimum Gasteiger partial charge on any atom is -0.480 e. The second kappa shape index (κ2) is 9.60. The highest BCUT2D eigenvalue weighted by atomic mass is 16.4. The lowest BCUT2D eigenvalue weighted by Gasteiger charge is -2.23. The molecule has 0 radical (unpaired) electrons. The number of hydrogen-bond acceptors (Lipinski definition) is 5. The van der Waals surface area contributed by atoms with Crippen molar-refractivity contribution in [2.24, 2.45) is 17.1 Å². The molecule has 0 aromatic heterocycles. The molecule has 0 aliphatic rings. The fraction of sp³-hybridized carbons (Fsp3) is 0.667. The summed E-state index contributed by atoms with van der Waals surface area (Å²) in [6, 6.07) is -0.930. The average molecular weight is 358 g/mol. The van der Waals surface area contributed by atoms with Crippen LogP contribution >= 0.6 is 0 Å². The molecule has 6 N–H and O–H groups in total. The van der Waals surface area contributed by atoms with E-state index < -0.39 is 47.6 Å². The highest BCUT2D eigenvalue weighted by molar-refractivity contribution is 6.02. The number of amides is 4. The monoisotopic (exact) mass is 358 g/mol. The summed E-state index contributed by atoms with van der Waals surface area (Å²) in [5.74, 6) is -4.34. The topological polar surface area (TPSA) is 168 Å². The number of carboxylic acid groups (broad SMARTS) is 1. The summed E-state index contributed by atoms with van der Waals surface area (Å²) < 4.78 is 0. The van der Waals surface area contributed by atoms with Crippen LogP contribution < -0.4 is 21.7 Å². The summed E-state index contributed by atoms with van der Waals surface area (Å²) in [6.45, 7) is 5.34. The Labute approximate surface area is 145 Å². The van der Waals surface area contributed by atoms with Crippen LogP contribution in [0.3, 0.4) is 0 Å². The van der Waals surface area contributed by atoms with E-state index in [0.717, 1.165) is 0 Å². The Morgan fingerprint density at radius 1 is 1.08 bits per heavy atom. The minimum absolute atomic E-state index is 0.0555. The summed E-state index contributed by atoms with van der Waals surface area (Å²) >= 11 is 0. The third-order valence-electron chi connectivity index (χ3n) is 3.79. The molecule has 0 aliphatic heterocycles. The van der Waals surface area contributed by atoms with Gasteiger partial charge in [-0.2, -0.15) is 0 Å². The molecule has 0 saturated heterocycles. The Morgan fingerprint density at radius 3 is 2.04 bits per heavy atom. The van der Waals surface area contributed by atoms with E-state index in [4.69, 9.17) is 10.8 Å². The fourth-order valence-corrected chi connectivity index (χ4v) is 1.81. The molecule has 0 fully saturated rings. The minimum atomic E-state index is -1.64. The Balaban J connectivity index is 4.73. The van der Waals surface area contributed by atoms with Gasteiger partial charge in [-0.25, -0.2) is 0 Å². The molecule has 25 heavy (non-hydrogen) atoms. The molecular weight excluding hydrogens is 332 g/mol. The third kappa shape index (κ3) is 6.77. The van der Waals surface area contributed by atoms with E-state index in [1.165, 1.54) is 6.92 Å². The maximum Gasteiger partial charge on any atom is 0.318 e. The molecule has 0 aromatic rings. The van der Waals surface area contributed by atoms with Crippen LogP contribution in [-0.4, -0.2) is 53.8 Å². The lowest BCUT2D eigenvalue weighted by Crippen LogP contribution is -2.54. The number of primary amides is 1. The Morgan fingerprint density at radius 2 is 1.64 bits per heavy atom. The number of carboxylic acids is 1. The molecule has 0 aromatic carbocycles. The molecule has 142 valence electrons. The van der Waals surface area contributed by atoms with Gasteiger partial charge < -0.3 is 26.8 Å². The highest BCUT2D eigenvalue weighted by Gasteiger charge is 2.39. The van der Waals surface area contributed by atoms with Crippen molar-refractivity contribution in [2.45, 2.75) is 40.2 Å². The number of carbonyl (C=O) groups excluding carboxylic acids is 4. The molecule has 0 spiro atoms. The predicted molar refractivity (Wildman–Crippen MR) is 88.0 cm³/mol. The first-order chi connectivity index (χ1) is 11.5. The quantitative estimate of drug-likeness (QED) is 0.293. The van der Waals surface area contributed by atoms with Crippen molar-refractivity contribution in [1.29, 1.82) is 0 Å². The van der Waals surface area contributed by atoms with Crippen LogP contribution in [0.4, 0.5) is 0 Å². The van der Waals surface area contributed by atoms with Gasteiger partial charge in [0, 0.05) is 0 Å². The number of nitrogens with one attached hydrogen (secondary N) is 3. The zero-order valence-corrected chi connectivity index (χ0v) is 14.8. The van der Waals surface area contributed by atoms with E-state index in [0.29, 0.717) is 0 Å². The smallest absolute Gasteiger partial charge is 0.318 e. The second-order valence-corrected chi connectivity index (χ2v) is 6.15. The molecule has 10 heteroatoms. The zero-order chi connectivity index (χ0) is 19.8. The third-order valence-corrected chi connectivity index (χ3v) is 3.79. The van der Waals surface area contributed by atoms with Crippen molar-refractivity contribution in [3.05, 3.63) is 0 Å². The number of aliphatic carboxylic acids is 1. The van der Waals surface area contributed by atoms with E-state index in [-0.39, 0.29) is 18.9 Å². The van der Waals surface area contributed by atoms with Gasteiger partial charge >= 0.3 is 5.97 Å². The van der Waals surface area contributed by atoms with Gasteiger partial charge in [-0.1, -0.05) is 20.8 Å². The molecule has 0 rings (SSSR count). The molecule has 2 atom stereocenters. The van der Waals surface area contributed by atoms with Crippen LogP contribution in [0.15, 0.2) is 0 Å². The summed E-state index contributed by atoms with van der Waals surface area (Å²) in [6.07, 6.45) is 0.0555. The van der Waals surface area contributed by atoms with Gasteiger partial charge in [0.2, 0.25) is 23.6 Å². The van der Waals surface area contributed by atoms with Crippen LogP contribution in [0, 0.1) is 11.3 Å². The molecular formula is C15H26N4O6. The molecule has 2 unspecified atom stereocenters. The van der Waals surface area contributed by atoms with E-state index in [2.05, 4.69) is 16.0 Å². The second-order valence-electron chi connectivity index (χ2n) is 6.15. The van der Waals surface area contributed by atoms with Gasteiger partial charge in [-0.05, 0) is 19.3 Å². The number of hydrogen-bond donors (Lipinski definition) is 5. The molecule has 0 bridgehead atoms. The SMILES string of the molecule is CCC(C)(C(=O)O)C(=O)NCC(=O)NC(C(=O)NCC(N)=O)C(C)C. The van der Waals surface area contributed by atoms with Gasteiger partial charge in [0.05, 0.1) is 13.1 Å². The van der Waals surface area contributed by atoms with Gasteiger partial charge in [-0.3, -0.25) is 24.0 Å². The first-order valence-corrected chi connectivity index (χ1v) is 7.82. The first-order valence-electron chi connectivity index (χ1n) is 7.82. The van der Waals surface area contributed by atoms with Crippen molar-refractivity contribution < 1.29 is 29.1 Å². The Hall–Kier alpha value is -2.65. The molecule has 0 aliphatic carbocycles. The van der Waals surface area contributed by atoms with Crippen molar-refractivity contribution >= 4 is 29.6 Å². The molecule has 0 heterocycles. The van der Waals surface area contributed by atoms with Crippen LogP contribution in [0.5, 0.6) is 0 Å². The average Bonchev–Trinajstić information content (AvgIpc) is 2.53. The summed E-state index contributed by atoms with van der Waals surface area (Å²) in [7, 11) is 0. The normalized spacial score (nSPS) is 14.1. The van der Waals surface area contributed by atoms with Gasteiger partial charge in [0.1, 0.15) is 11.5 Å². The van der Waals surface area contributed by atoms with Gasteiger partial charge in [0.15, 0.2) is 0 Å². The fourth-order valence-electron chi connectivity index (χ4n) is 1.81. The molecule has 10 nitrogen and oxygen atoms in total. The van der Waals surface area contributed by atoms with Gasteiger partial charge in [-0.15, -0.1) is 0 Å². The number of carbonyl (C=O) groups is 5. The highest BCUT2D eigenvalue weighted by Crippen LogP contribution is 2.21. The number of rotatable bonds is 10. The predicted octanol–water partition coefficient (Wildman–Crippen LogP) is -1.65. The maximum atomic E-state index is 12.0. The lowest BCUT2D eigenvalue weighted by molar-refractivity contribution is -0.155. The molecule has 4 amide bonds. The standard InChI is InChI=1S/C15H26N4O6/c1-5-15(4,14(24)25)13(23)18-7-10(21)19-11(8(2)3)12(22)17-6-9(16)20/h8,11H,5-7H2,1-4H3,(H2,16,20)(H,17,22)(H,18,23)(H,19,21)(H,24,25).